The zero-order valence-corrected chi connectivity index (χ0v) is 13.8. The van der Waals surface area contributed by atoms with Gasteiger partial charge in [0, 0.05) is 17.1 Å². The van der Waals surface area contributed by atoms with Crippen molar-refractivity contribution in [1.82, 2.24) is 10.2 Å². The fraction of sp³-hybridized carbons (Fsp3) is 0.647. The summed E-state index contributed by atoms with van der Waals surface area (Å²) in [6.07, 6.45) is 4.90. The highest BCUT2D eigenvalue weighted by Gasteiger charge is 2.21. The molecule has 0 aliphatic carbocycles. The van der Waals surface area contributed by atoms with E-state index in [0.717, 1.165) is 5.56 Å². The van der Waals surface area contributed by atoms with Crippen molar-refractivity contribution >= 4 is 11.6 Å². The molecule has 2 rings (SSSR count). The number of hydrogen-bond acceptors (Lipinski definition) is 2. The van der Waals surface area contributed by atoms with Crippen LogP contribution in [0.25, 0.3) is 0 Å². The van der Waals surface area contributed by atoms with Crippen LogP contribution in [0.1, 0.15) is 51.1 Å². The molecule has 0 spiro atoms. The third kappa shape index (κ3) is 4.94. The van der Waals surface area contributed by atoms with Gasteiger partial charge in [0.25, 0.3) is 0 Å². The molecule has 0 amide bonds. The van der Waals surface area contributed by atoms with E-state index in [1.807, 2.05) is 0 Å². The summed E-state index contributed by atoms with van der Waals surface area (Å²) in [7, 11) is 0. The molecule has 1 fully saturated rings. The van der Waals surface area contributed by atoms with Crippen molar-refractivity contribution in [2.75, 3.05) is 19.6 Å². The molecule has 0 aromatic heterocycles. The SMILES string of the molecule is CCCCN1CCC(NC(C)c2ccc(F)cc2Cl)CC1. The van der Waals surface area contributed by atoms with Gasteiger partial charge in [-0.15, -0.1) is 0 Å². The molecule has 0 saturated carbocycles. The maximum Gasteiger partial charge on any atom is 0.124 e. The van der Waals surface area contributed by atoms with Crippen LogP contribution < -0.4 is 5.32 Å². The average Bonchev–Trinajstić information content (AvgIpc) is 2.46. The fourth-order valence-electron chi connectivity index (χ4n) is 3.00. The molecule has 21 heavy (non-hydrogen) atoms. The van der Waals surface area contributed by atoms with Gasteiger partial charge in [-0.2, -0.15) is 0 Å². The minimum absolute atomic E-state index is 0.158. The van der Waals surface area contributed by atoms with E-state index >= 15 is 0 Å². The van der Waals surface area contributed by atoms with Gasteiger partial charge in [0.1, 0.15) is 5.82 Å². The van der Waals surface area contributed by atoms with Crippen LogP contribution in [0.5, 0.6) is 0 Å². The maximum absolute atomic E-state index is 13.1. The molecule has 2 nitrogen and oxygen atoms in total. The Morgan fingerprint density at radius 1 is 1.38 bits per heavy atom. The predicted octanol–water partition coefficient (Wildman–Crippen LogP) is 4.39. The standard InChI is InChI=1S/C17H26ClFN2/c1-3-4-9-21-10-7-15(8-11-21)20-13(2)16-6-5-14(19)12-17(16)18/h5-6,12-13,15,20H,3-4,7-11H2,1-2H3. The van der Waals surface area contributed by atoms with Gasteiger partial charge in [0.2, 0.25) is 0 Å². The molecule has 1 aliphatic rings. The fourth-order valence-corrected chi connectivity index (χ4v) is 3.33. The van der Waals surface area contributed by atoms with Crippen LogP contribution in [0.4, 0.5) is 4.39 Å². The first-order valence-electron chi connectivity index (χ1n) is 8.03. The normalized spacial score (nSPS) is 18.9. The quantitative estimate of drug-likeness (QED) is 0.838. The molecule has 1 unspecified atom stereocenters. The molecule has 0 radical (unpaired) electrons. The lowest BCUT2D eigenvalue weighted by Gasteiger charge is -2.34. The van der Waals surface area contributed by atoms with Crippen LogP contribution in [0.3, 0.4) is 0 Å². The van der Waals surface area contributed by atoms with Crippen LogP contribution in [0.15, 0.2) is 18.2 Å². The summed E-state index contributed by atoms with van der Waals surface area (Å²) in [6, 6.07) is 5.34. The Bertz CT molecular complexity index is 444. The smallest absolute Gasteiger partial charge is 0.124 e. The van der Waals surface area contributed by atoms with E-state index in [0.29, 0.717) is 11.1 Å². The zero-order valence-electron chi connectivity index (χ0n) is 13.0. The Labute approximate surface area is 132 Å². The van der Waals surface area contributed by atoms with Crippen LogP contribution in [0, 0.1) is 5.82 Å². The largest absolute Gasteiger partial charge is 0.307 e. The number of benzene rings is 1. The van der Waals surface area contributed by atoms with Gasteiger partial charge in [-0.25, -0.2) is 4.39 Å². The second-order valence-corrected chi connectivity index (χ2v) is 6.43. The summed E-state index contributed by atoms with van der Waals surface area (Å²) in [6.45, 7) is 7.90. The topological polar surface area (TPSA) is 15.3 Å². The Balaban J connectivity index is 1.82. The lowest BCUT2D eigenvalue weighted by Crippen LogP contribution is -2.43. The number of halogens is 2. The van der Waals surface area contributed by atoms with Crippen LogP contribution >= 0.6 is 11.6 Å². The van der Waals surface area contributed by atoms with E-state index in [1.54, 1.807) is 6.07 Å². The number of unbranched alkanes of at least 4 members (excludes halogenated alkanes) is 1. The molecule has 1 heterocycles. The highest BCUT2D eigenvalue weighted by molar-refractivity contribution is 6.31. The van der Waals surface area contributed by atoms with E-state index in [9.17, 15) is 4.39 Å². The number of piperidine rings is 1. The summed E-state index contributed by atoms with van der Waals surface area (Å²) in [4.78, 5) is 2.55. The number of nitrogens with one attached hydrogen (secondary N) is 1. The summed E-state index contributed by atoms with van der Waals surface area (Å²) < 4.78 is 13.1. The van der Waals surface area contributed by atoms with Gasteiger partial charge in [0.15, 0.2) is 0 Å². The van der Waals surface area contributed by atoms with Crippen LogP contribution in [-0.2, 0) is 0 Å². The monoisotopic (exact) mass is 312 g/mol. The lowest BCUT2D eigenvalue weighted by molar-refractivity contribution is 0.190. The molecule has 4 heteroatoms. The Kier molecular flexibility index (Phi) is 6.46. The Morgan fingerprint density at radius 3 is 2.71 bits per heavy atom. The van der Waals surface area contributed by atoms with Crippen molar-refractivity contribution in [3.05, 3.63) is 34.6 Å². The second-order valence-electron chi connectivity index (χ2n) is 6.02. The molecular weight excluding hydrogens is 287 g/mol. The Morgan fingerprint density at radius 2 is 2.10 bits per heavy atom. The van der Waals surface area contributed by atoms with Crippen molar-refractivity contribution in [2.45, 2.75) is 51.6 Å². The van der Waals surface area contributed by atoms with Crippen molar-refractivity contribution in [3.63, 3.8) is 0 Å². The lowest BCUT2D eigenvalue weighted by atomic mass is 10.0. The van der Waals surface area contributed by atoms with E-state index < -0.39 is 0 Å². The molecule has 0 bridgehead atoms. The molecule has 1 aromatic rings. The third-order valence-corrected chi connectivity index (χ3v) is 4.66. The van der Waals surface area contributed by atoms with Crippen LogP contribution in [0.2, 0.25) is 5.02 Å². The molecule has 1 N–H and O–H groups in total. The highest BCUT2D eigenvalue weighted by atomic mass is 35.5. The first-order valence-corrected chi connectivity index (χ1v) is 8.41. The number of rotatable bonds is 6. The van der Waals surface area contributed by atoms with E-state index in [1.165, 1.54) is 57.5 Å². The number of nitrogens with zero attached hydrogens (tertiary/aromatic N) is 1. The van der Waals surface area contributed by atoms with Gasteiger partial charge in [0.05, 0.1) is 0 Å². The highest BCUT2D eigenvalue weighted by Crippen LogP contribution is 2.25. The van der Waals surface area contributed by atoms with Gasteiger partial charge in [-0.1, -0.05) is 31.0 Å². The van der Waals surface area contributed by atoms with E-state index in [-0.39, 0.29) is 11.9 Å². The van der Waals surface area contributed by atoms with Gasteiger partial charge >= 0.3 is 0 Å². The molecule has 1 aromatic carbocycles. The first kappa shape index (κ1) is 16.7. The average molecular weight is 313 g/mol. The van der Waals surface area contributed by atoms with Crippen LogP contribution in [-0.4, -0.2) is 30.6 Å². The zero-order chi connectivity index (χ0) is 15.2. The van der Waals surface area contributed by atoms with Crippen molar-refractivity contribution < 1.29 is 4.39 Å². The van der Waals surface area contributed by atoms with Gasteiger partial charge in [-0.05, 0) is 63.5 Å². The molecule has 1 aliphatic heterocycles. The summed E-state index contributed by atoms with van der Waals surface area (Å²) in [5.74, 6) is -0.278. The minimum atomic E-state index is -0.278. The second kappa shape index (κ2) is 8.11. The van der Waals surface area contributed by atoms with Crippen molar-refractivity contribution in [2.24, 2.45) is 0 Å². The molecule has 1 atom stereocenters. The summed E-state index contributed by atoms with van der Waals surface area (Å²) in [5.41, 5.74) is 0.978. The van der Waals surface area contributed by atoms with Crippen molar-refractivity contribution in [1.29, 1.82) is 0 Å². The number of likely N-dealkylation sites (tertiary alicyclic amines) is 1. The van der Waals surface area contributed by atoms with E-state index in [4.69, 9.17) is 11.6 Å². The molecule has 118 valence electrons. The summed E-state index contributed by atoms with van der Waals surface area (Å²) >= 11 is 6.13. The third-order valence-electron chi connectivity index (χ3n) is 4.33. The summed E-state index contributed by atoms with van der Waals surface area (Å²) in [5, 5.41) is 4.15. The minimum Gasteiger partial charge on any atom is -0.307 e. The van der Waals surface area contributed by atoms with Crippen molar-refractivity contribution in [3.8, 4) is 0 Å². The molecule has 1 saturated heterocycles. The molecular formula is C17H26ClFN2. The maximum atomic E-state index is 13.1. The number of hydrogen-bond donors (Lipinski definition) is 1. The Hall–Kier alpha value is -0.640. The van der Waals surface area contributed by atoms with Gasteiger partial charge < -0.3 is 10.2 Å². The predicted molar refractivity (Wildman–Crippen MR) is 87.3 cm³/mol. The van der Waals surface area contributed by atoms with Gasteiger partial charge in [-0.3, -0.25) is 0 Å². The van der Waals surface area contributed by atoms with E-state index in [2.05, 4.69) is 24.1 Å². The first-order chi connectivity index (χ1) is 10.1.